The second-order valence-electron chi connectivity index (χ2n) is 3.60. The first-order chi connectivity index (χ1) is 8.66. The Morgan fingerprint density at radius 2 is 2.22 bits per heavy atom. The molecule has 0 radical (unpaired) electrons. The van der Waals surface area contributed by atoms with Crippen molar-refractivity contribution in [3.05, 3.63) is 59.7 Å². The molecule has 18 heavy (non-hydrogen) atoms. The van der Waals surface area contributed by atoms with Gasteiger partial charge in [0.1, 0.15) is 18.2 Å². The van der Waals surface area contributed by atoms with Crippen LogP contribution in [0.4, 0.5) is 4.39 Å². The summed E-state index contributed by atoms with van der Waals surface area (Å²) in [7, 11) is 0. The second-order valence-corrected chi connectivity index (χ2v) is 3.60. The maximum Gasteiger partial charge on any atom is 0.338 e. The molecular formula is C13H10FNO3. The van der Waals surface area contributed by atoms with Crippen LogP contribution in [0.5, 0.6) is 5.75 Å². The maximum absolute atomic E-state index is 13.4. The van der Waals surface area contributed by atoms with E-state index in [1.807, 2.05) is 6.07 Å². The van der Waals surface area contributed by atoms with Crippen molar-refractivity contribution in [3.8, 4) is 5.75 Å². The summed E-state index contributed by atoms with van der Waals surface area (Å²) in [6.07, 6.45) is 3.28. The van der Waals surface area contributed by atoms with Crippen LogP contribution in [0.15, 0.2) is 42.7 Å². The van der Waals surface area contributed by atoms with Crippen molar-refractivity contribution in [1.82, 2.24) is 4.98 Å². The van der Waals surface area contributed by atoms with Gasteiger partial charge in [0, 0.05) is 24.0 Å². The van der Waals surface area contributed by atoms with Crippen LogP contribution in [-0.2, 0) is 6.61 Å². The number of carboxylic acids is 1. The van der Waals surface area contributed by atoms with Gasteiger partial charge < -0.3 is 9.84 Å². The minimum Gasteiger partial charge on any atom is -0.489 e. The molecule has 0 bridgehead atoms. The summed E-state index contributed by atoms with van der Waals surface area (Å²) in [5.74, 6) is -1.83. The van der Waals surface area contributed by atoms with Crippen molar-refractivity contribution in [2.45, 2.75) is 6.61 Å². The van der Waals surface area contributed by atoms with E-state index in [4.69, 9.17) is 9.84 Å². The quantitative estimate of drug-likeness (QED) is 0.901. The molecule has 4 nitrogen and oxygen atoms in total. The molecule has 0 aliphatic rings. The third kappa shape index (κ3) is 2.82. The molecule has 0 amide bonds. The Balaban J connectivity index is 2.07. The summed E-state index contributed by atoms with van der Waals surface area (Å²) in [4.78, 5) is 14.5. The Labute approximate surface area is 103 Å². The predicted octanol–water partition coefficient (Wildman–Crippen LogP) is 2.50. The molecule has 0 saturated carbocycles. The lowest BCUT2D eigenvalue weighted by atomic mass is 10.2. The maximum atomic E-state index is 13.4. The fraction of sp³-hybridized carbons (Fsp3) is 0.0769. The minimum atomic E-state index is -1.30. The van der Waals surface area contributed by atoms with Gasteiger partial charge >= 0.3 is 5.97 Å². The van der Waals surface area contributed by atoms with Crippen LogP contribution in [0.25, 0.3) is 0 Å². The Kier molecular flexibility index (Phi) is 3.52. The molecule has 0 spiro atoms. The van der Waals surface area contributed by atoms with Gasteiger partial charge in [0.15, 0.2) is 0 Å². The molecule has 1 aromatic heterocycles. The van der Waals surface area contributed by atoms with E-state index in [-0.39, 0.29) is 17.9 Å². The second kappa shape index (κ2) is 5.27. The summed E-state index contributed by atoms with van der Waals surface area (Å²) in [5, 5.41) is 8.68. The lowest BCUT2D eigenvalue weighted by Crippen LogP contribution is -2.01. The summed E-state index contributed by atoms with van der Waals surface area (Å²) >= 11 is 0. The van der Waals surface area contributed by atoms with Crippen LogP contribution < -0.4 is 4.74 Å². The molecule has 0 fully saturated rings. The zero-order chi connectivity index (χ0) is 13.0. The van der Waals surface area contributed by atoms with Crippen molar-refractivity contribution in [1.29, 1.82) is 0 Å². The number of aromatic carboxylic acids is 1. The number of pyridine rings is 1. The first-order valence-corrected chi connectivity index (χ1v) is 5.21. The van der Waals surface area contributed by atoms with Crippen LogP contribution in [0.3, 0.4) is 0 Å². The number of hydrogen-bond donors (Lipinski definition) is 1. The molecule has 0 aliphatic carbocycles. The number of hydrogen-bond acceptors (Lipinski definition) is 3. The topological polar surface area (TPSA) is 59.4 Å². The van der Waals surface area contributed by atoms with Gasteiger partial charge in [-0.2, -0.15) is 0 Å². The van der Waals surface area contributed by atoms with Gasteiger partial charge in [-0.1, -0.05) is 6.07 Å². The highest BCUT2D eigenvalue weighted by molar-refractivity contribution is 5.88. The van der Waals surface area contributed by atoms with E-state index in [9.17, 15) is 9.18 Å². The molecule has 2 rings (SSSR count). The normalized spacial score (nSPS) is 10.1. The highest BCUT2D eigenvalue weighted by Gasteiger charge is 2.10. The van der Waals surface area contributed by atoms with Gasteiger partial charge in [0.05, 0.1) is 5.56 Å². The lowest BCUT2D eigenvalue weighted by Gasteiger charge is -2.06. The van der Waals surface area contributed by atoms with Crippen LogP contribution in [0.2, 0.25) is 0 Å². The number of ether oxygens (including phenoxy) is 1. The molecule has 0 atom stereocenters. The largest absolute Gasteiger partial charge is 0.489 e. The fourth-order valence-electron chi connectivity index (χ4n) is 1.41. The molecule has 1 aromatic carbocycles. The molecule has 0 saturated heterocycles. The van der Waals surface area contributed by atoms with Crippen LogP contribution in [0.1, 0.15) is 15.9 Å². The summed E-state index contributed by atoms with van der Waals surface area (Å²) in [6.45, 7) is 0.250. The van der Waals surface area contributed by atoms with Crippen molar-refractivity contribution < 1.29 is 19.0 Å². The number of carbonyl (C=O) groups is 1. The Morgan fingerprint density at radius 3 is 2.83 bits per heavy atom. The number of benzene rings is 1. The van der Waals surface area contributed by atoms with E-state index in [0.29, 0.717) is 0 Å². The zero-order valence-electron chi connectivity index (χ0n) is 9.34. The molecule has 2 aromatic rings. The molecule has 1 heterocycles. The van der Waals surface area contributed by atoms with E-state index < -0.39 is 11.8 Å². The van der Waals surface area contributed by atoms with Crippen molar-refractivity contribution in [3.63, 3.8) is 0 Å². The van der Waals surface area contributed by atoms with E-state index in [1.165, 1.54) is 12.1 Å². The first kappa shape index (κ1) is 12.0. The van der Waals surface area contributed by atoms with Crippen molar-refractivity contribution in [2.75, 3.05) is 0 Å². The number of aromatic nitrogens is 1. The van der Waals surface area contributed by atoms with Crippen molar-refractivity contribution >= 4 is 5.97 Å². The number of carboxylic acid groups (broad SMARTS) is 1. The lowest BCUT2D eigenvalue weighted by molar-refractivity contribution is 0.0692. The van der Waals surface area contributed by atoms with E-state index in [2.05, 4.69) is 4.98 Å². The summed E-state index contributed by atoms with van der Waals surface area (Å²) < 4.78 is 18.7. The van der Waals surface area contributed by atoms with Gasteiger partial charge in [-0.05, 0) is 18.2 Å². The predicted molar refractivity (Wildman–Crippen MR) is 61.9 cm³/mol. The minimum absolute atomic E-state index is 0.250. The average molecular weight is 247 g/mol. The molecule has 0 unspecified atom stereocenters. The molecule has 92 valence electrons. The highest BCUT2D eigenvalue weighted by atomic mass is 19.1. The van der Waals surface area contributed by atoms with Crippen LogP contribution in [-0.4, -0.2) is 16.1 Å². The standard InChI is InChI=1S/C13H10FNO3/c14-12-6-10(3-4-11(12)13(16)17)18-8-9-2-1-5-15-7-9/h1-7H,8H2,(H,16,17). The highest BCUT2D eigenvalue weighted by Crippen LogP contribution is 2.17. The van der Waals surface area contributed by atoms with E-state index in [0.717, 1.165) is 11.6 Å². The fourth-order valence-corrected chi connectivity index (χ4v) is 1.41. The Morgan fingerprint density at radius 1 is 1.39 bits per heavy atom. The van der Waals surface area contributed by atoms with Crippen LogP contribution >= 0.6 is 0 Å². The summed E-state index contributed by atoms with van der Waals surface area (Å²) in [5.41, 5.74) is 0.476. The number of nitrogens with zero attached hydrogens (tertiary/aromatic N) is 1. The summed E-state index contributed by atoms with van der Waals surface area (Å²) in [6, 6.07) is 7.25. The van der Waals surface area contributed by atoms with E-state index >= 15 is 0 Å². The number of halogens is 1. The molecule has 5 heteroatoms. The zero-order valence-corrected chi connectivity index (χ0v) is 9.34. The molecule has 1 N–H and O–H groups in total. The van der Waals surface area contributed by atoms with Gasteiger partial charge in [-0.15, -0.1) is 0 Å². The van der Waals surface area contributed by atoms with Crippen LogP contribution in [0, 0.1) is 5.82 Å². The van der Waals surface area contributed by atoms with Crippen molar-refractivity contribution in [2.24, 2.45) is 0 Å². The third-order valence-corrected chi connectivity index (χ3v) is 2.30. The average Bonchev–Trinajstić information content (AvgIpc) is 2.37. The molecule has 0 aliphatic heterocycles. The van der Waals surface area contributed by atoms with Gasteiger partial charge in [-0.25, -0.2) is 9.18 Å². The van der Waals surface area contributed by atoms with Gasteiger partial charge in [0.25, 0.3) is 0 Å². The third-order valence-electron chi connectivity index (χ3n) is 2.30. The van der Waals surface area contributed by atoms with Gasteiger partial charge in [-0.3, -0.25) is 4.98 Å². The number of rotatable bonds is 4. The Bertz CT molecular complexity index is 557. The molecular weight excluding hydrogens is 237 g/mol. The first-order valence-electron chi connectivity index (χ1n) is 5.21. The van der Waals surface area contributed by atoms with E-state index in [1.54, 1.807) is 18.5 Å². The van der Waals surface area contributed by atoms with Gasteiger partial charge in [0.2, 0.25) is 0 Å². The smallest absolute Gasteiger partial charge is 0.338 e. The SMILES string of the molecule is O=C(O)c1ccc(OCc2cccnc2)cc1F. The Hall–Kier alpha value is -2.43. The monoisotopic (exact) mass is 247 g/mol.